The molecule has 1 unspecified atom stereocenters. The van der Waals surface area contributed by atoms with Gasteiger partial charge in [-0.3, -0.25) is 4.90 Å². The third-order valence-corrected chi connectivity index (χ3v) is 5.10. The van der Waals surface area contributed by atoms with Crippen LogP contribution in [0, 0.1) is 0 Å². The molecule has 0 aliphatic carbocycles. The zero-order chi connectivity index (χ0) is 15.6. The van der Waals surface area contributed by atoms with Crippen molar-refractivity contribution in [2.75, 3.05) is 50.0 Å². The van der Waals surface area contributed by atoms with Crippen LogP contribution in [0.2, 0.25) is 0 Å². The lowest BCUT2D eigenvalue weighted by Gasteiger charge is -2.51. The number of aliphatic hydroxyl groups excluding tert-OH is 1. The average molecular weight is 306 g/mol. The first-order valence-corrected chi connectivity index (χ1v) is 7.99. The third-order valence-electron chi connectivity index (χ3n) is 5.10. The van der Waals surface area contributed by atoms with Crippen molar-refractivity contribution in [2.45, 2.75) is 24.6 Å². The van der Waals surface area contributed by atoms with Gasteiger partial charge in [0, 0.05) is 26.2 Å². The van der Waals surface area contributed by atoms with Crippen LogP contribution in [0.5, 0.6) is 0 Å². The fourth-order valence-corrected chi connectivity index (χ4v) is 3.72. The van der Waals surface area contributed by atoms with Crippen molar-refractivity contribution in [2.24, 2.45) is 5.73 Å². The van der Waals surface area contributed by atoms with Crippen molar-refractivity contribution in [3.63, 3.8) is 0 Å². The minimum atomic E-state index is -0.833. The molecule has 0 bridgehead atoms. The van der Waals surface area contributed by atoms with Crippen molar-refractivity contribution >= 4 is 11.4 Å². The molecular weight excluding hydrogens is 280 g/mol. The lowest BCUT2D eigenvalue weighted by Crippen LogP contribution is -2.66. The largest absolute Gasteiger partial charge is 0.397 e. The SMILES string of the molecule is Nc1ccccc1N1CCC(C(N)O)(N2CCOCC2)CC1. The van der Waals surface area contributed by atoms with E-state index in [-0.39, 0.29) is 5.54 Å². The van der Waals surface area contributed by atoms with E-state index in [0.717, 1.165) is 50.4 Å². The highest BCUT2D eigenvalue weighted by Gasteiger charge is 2.44. The molecular formula is C16H26N4O2. The summed E-state index contributed by atoms with van der Waals surface area (Å²) < 4.78 is 5.43. The maximum absolute atomic E-state index is 10.2. The van der Waals surface area contributed by atoms with E-state index in [2.05, 4.69) is 15.9 Å². The van der Waals surface area contributed by atoms with Crippen LogP contribution in [0.15, 0.2) is 24.3 Å². The van der Waals surface area contributed by atoms with Crippen molar-refractivity contribution in [1.82, 2.24) is 4.90 Å². The zero-order valence-corrected chi connectivity index (χ0v) is 12.9. The molecule has 1 aromatic carbocycles. The summed E-state index contributed by atoms with van der Waals surface area (Å²) in [6, 6.07) is 7.94. The van der Waals surface area contributed by atoms with E-state index in [1.807, 2.05) is 18.2 Å². The van der Waals surface area contributed by atoms with Crippen LogP contribution in [0.4, 0.5) is 11.4 Å². The second-order valence-corrected chi connectivity index (χ2v) is 6.19. The van der Waals surface area contributed by atoms with E-state index in [0.29, 0.717) is 13.2 Å². The van der Waals surface area contributed by atoms with E-state index >= 15 is 0 Å². The Morgan fingerprint density at radius 2 is 1.73 bits per heavy atom. The van der Waals surface area contributed by atoms with Crippen LogP contribution in [0.1, 0.15) is 12.8 Å². The minimum Gasteiger partial charge on any atom is -0.397 e. The topological polar surface area (TPSA) is 88.0 Å². The number of piperidine rings is 1. The molecule has 2 saturated heterocycles. The average Bonchev–Trinajstić information content (AvgIpc) is 2.56. The molecule has 0 spiro atoms. The molecule has 6 nitrogen and oxygen atoms in total. The fourth-order valence-electron chi connectivity index (χ4n) is 3.72. The van der Waals surface area contributed by atoms with Gasteiger partial charge in [0.2, 0.25) is 0 Å². The first kappa shape index (κ1) is 15.6. The summed E-state index contributed by atoms with van der Waals surface area (Å²) in [5, 5.41) is 10.2. The van der Waals surface area contributed by atoms with Crippen LogP contribution in [-0.2, 0) is 4.74 Å². The number of nitrogens with zero attached hydrogens (tertiary/aromatic N) is 2. The van der Waals surface area contributed by atoms with Crippen LogP contribution < -0.4 is 16.4 Å². The summed E-state index contributed by atoms with van der Waals surface area (Å²) in [6.07, 6.45) is 0.832. The molecule has 0 aromatic heterocycles. The van der Waals surface area contributed by atoms with Crippen LogP contribution >= 0.6 is 0 Å². The van der Waals surface area contributed by atoms with Gasteiger partial charge in [-0.25, -0.2) is 0 Å². The Morgan fingerprint density at radius 3 is 2.32 bits per heavy atom. The van der Waals surface area contributed by atoms with E-state index in [1.54, 1.807) is 0 Å². The molecule has 0 amide bonds. The van der Waals surface area contributed by atoms with Gasteiger partial charge in [0.1, 0.15) is 6.23 Å². The Bertz CT molecular complexity index is 495. The van der Waals surface area contributed by atoms with E-state index in [1.165, 1.54) is 0 Å². The summed E-state index contributed by atoms with van der Waals surface area (Å²) in [4.78, 5) is 4.60. The second kappa shape index (κ2) is 6.42. The van der Waals surface area contributed by atoms with E-state index in [4.69, 9.17) is 16.2 Å². The Morgan fingerprint density at radius 1 is 1.09 bits per heavy atom. The highest BCUT2D eigenvalue weighted by molar-refractivity contribution is 5.67. The number of hydrogen-bond acceptors (Lipinski definition) is 6. The summed E-state index contributed by atoms with van der Waals surface area (Å²) in [5.74, 6) is 0. The molecule has 22 heavy (non-hydrogen) atoms. The summed E-state index contributed by atoms with van der Waals surface area (Å²) in [6.45, 7) is 4.79. The van der Waals surface area contributed by atoms with Crippen molar-refractivity contribution in [1.29, 1.82) is 0 Å². The van der Waals surface area contributed by atoms with Crippen LogP contribution in [0.3, 0.4) is 0 Å². The second-order valence-electron chi connectivity index (χ2n) is 6.19. The molecule has 0 saturated carbocycles. The van der Waals surface area contributed by atoms with Crippen LogP contribution in [-0.4, -0.2) is 61.2 Å². The summed E-state index contributed by atoms with van der Waals surface area (Å²) >= 11 is 0. The number of benzene rings is 1. The Balaban J connectivity index is 1.74. The van der Waals surface area contributed by atoms with Gasteiger partial charge in [0.05, 0.1) is 30.1 Å². The predicted octanol–water partition coefficient (Wildman–Crippen LogP) is 0.217. The highest BCUT2D eigenvalue weighted by atomic mass is 16.5. The number of morpholine rings is 1. The van der Waals surface area contributed by atoms with Gasteiger partial charge >= 0.3 is 0 Å². The Hall–Kier alpha value is -1.34. The third kappa shape index (κ3) is 2.79. The zero-order valence-electron chi connectivity index (χ0n) is 12.9. The molecule has 5 N–H and O–H groups in total. The molecule has 0 radical (unpaired) electrons. The smallest absolute Gasteiger partial charge is 0.121 e. The fraction of sp³-hybridized carbons (Fsp3) is 0.625. The molecule has 2 aliphatic heterocycles. The van der Waals surface area contributed by atoms with Crippen molar-refractivity contribution in [3.8, 4) is 0 Å². The summed E-state index contributed by atoms with van der Waals surface area (Å²) in [7, 11) is 0. The van der Waals surface area contributed by atoms with Crippen LogP contribution in [0.25, 0.3) is 0 Å². The molecule has 6 heteroatoms. The number of ether oxygens (including phenoxy) is 1. The number of hydrogen-bond donors (Lipinski definition) is 3. The number of nitrogens with two attached hydrogens (primary N) is 2. The van der Waals surface area contributed by atoms with Gasteiger partial charge in [-0.05, 0) is 25.0 Å². The predicted molar refractivity (Wildman–Crippen MR) is 87.6 cm³/mol. The van der Waals surface area contributed by atoms with Gasteiger partial charge in [0.25, 0.3) is 0 Å². The minimum absolute atomic E-state index is 0.343. The number of nitrogen functional groups attached to an aromatic ring is 1. The lowest BCUT2D eigenvalue weighted by atomic mass is 9.83. The van der Waals surface area contributed by atoms with E-state index in [9.17, 15) is 5.11 Å². The normalized spacial score (nSPS) is 24.2. The van der Waals surface area contributed by atoms with Crippen molar-refractivity contribution < 1.29 is 9.84 Å². The maximum atomic E-state index is 10.2. The molecule has 1 atom stereocenters. The molecule has 2 heterocycles. The molecule has 2 fully saturated rings. The Labute approximate surface area is 131 Å². The van der Waals surface area contributed by atoms with Gasteiger partial charge in [-0.2, -0.15) is 0 Å². The maximum Gasteiger partial charge on any atom is 0.121 e. The molecule has 122 valence electrons. The molecule has 1 aromatic rings. The standard InChI is InChI=1S/C16H26N4O2/c17-13-3-1-2-4-14(13)19-7-5-16(6-8-19,15(18)21)20-9-11-22-12-10-20/h1-4,15,21H,5-12,17-18H2. The monoisotopic (exact) mass is 306 g/mol. The number of aliphatic hydroxyl groups is 1. The molecule has 2 aliphatic rings. The van der Waals surface area contributed by atoms with Gasteiger partial charge in [0.15, 0.2) is 0 Å². The quantitative estimate of drug-likeness (QED) is 0.547. The van der Waals surface area contributed by atoms with Gasteiger partial charge < -0.3 is 26.2 Å². The lowest BCUT2D eigenvalue weighted by molar-refractivity contribution is -0.0871. The van der Waals surface area contributed by atoms with E-state index < -0.39 is 6.23 Å². The number of para-hydroxylation sites is 2. The first-order valence-electron chi connectivity index (χ1n) is 7.99. The number of anilines is 2. The molecule has 3 rings (SSSR count). The van der Waals surface area contributed by atoms with Gasteiger partial charge in [-0.1, -0.05) is 12.1 Å². The van der Waals surface area contributed by atoms with Crippen molar-refractivity contribution in [3.05, 3.63) is 24.3 Å². The Kier molecular flexibility index (Phi) is 4.54. The van der Waals surface area contributed by atoms with Gasteiger partial charge in [-0.15, -0.1) is 0 Å². The highest BCUT2D eigenvalue weighted by Crippen LogP contribution is 2.35. The number of rotatable bonds is 3. The first-order chi connectivity index (χ1) is 10.6. The summed E-state index contributed by atoms with van der Waals surface area (Å²) in [5.41, 5.74) is 13.6.